The normalized spacial score (nSPS) is 10.1. The third-order valence-electron chi connectivity index (χ3n) is 1.93. The SMILES string of the molecule is COc1ccc(NC(=O)COCCN)cc1F. The number of ether oxygens (including phenoxy) is 2. The monoisotopic (exact) mass is 242 g/mol. The minimum Gasteiger partial charge on any atom is -0.494 e. The number of amides is 1. The zero-order valence-corrected chi connectivity index (χ0v) is 9.53. The summed E-state index contributed by atoms with van der Waals surface area (Å²) in [7, 11) is 1.37. The van der Waals surface area contributed by atoms with E-state index >= 15 is 0 Å². The van der Waals surface area contributed by atoms with Crippen molar-refractivity contribution < 1.29 is 18.7 Å². The largest absolute Gasteiger partial charge is 0.494 e. The van der Waals surface area contributed by atoms with Crippen molar-refractivity contribution in [3.63, 3.8) is 0 Å². The first-order chi connectivity index (χ1) is 8.17. The van der Waals surface area contributed by atoms with E-state index in [0.29, 0.717) is 18.8 Å². The Morgan fingerprint density at radius 2 is 2.29 bits per heavy atom. The van der Waals surface area contributed by atoms with Crippen LogP contribution in [0, 0.1) is 5.82 Å². The molecule has 0 unspecified atom stereocenters. The number of carbonyl (C=O) groups excluding carboxylic acids is 1. The first kappa shape index (κ1) is 13.4. The van der Waals surface area contributed by atoms with Gasteiger partial charge >= 0.3 is 0 Å². The van der Waals surface area contributed by atoms with Crippen LogP contribution < -0.4 is 15.8 Å². The number of halogens is 1. The molecular weight excluding hydrogens is 227 g/mol. The predicted octanol–water partition coefficient (Wildman–Crippen LogP) is 0.748. The second-order valence-electron chi connectivity index (χ2n) is 3.24. The van der Waals surface area contributed by atoms with E-state index in [1.54, 1.807) is 6.07 Å². The molecule has 94 valence electrons. The van der Waals surface area contributed by atoms with Gasteiger partial charge in [-0.15, -0.1) is 0 Å². The van der Waals surface area contributed by atoms with Crippen molar-refractivity contribution in [2.45, 2.75) is 0 Å². The van der Waals surface area contributed by atoms with Crippen LogP contribution in [0.4, 0.5) is 10.1 Å². The summed E-state index contributed by atoms with van der Waals surface area (Å²) in [6.45, 7) is 0.555. The van der Waals surface area contributed by atoms with E-state index in [1.165, 1.54) is 19.2 Å². The third-order valence-corrected chi connectivity index (χ3v) is 1.93. The van der Waals surface area contributed by atoms with Gasteiger partial charge in [0.2, 0.25) is 5.91 Å². The topological polar surface area (TPSA) is 73.6 Å². The molecular formula is C11H15FN2O3. The summed E-state index contributed by atoms with van der Waals surface area (Å²) in [6.07, 6.45) is 0. The Kier molecular flexibility index (Phi) is 5.38. The average Bonchev–Trinajstić information content (AvgIpc) is 2.29. The fourth-order valence-electron chi connectivity index (χ4n) is 1.19. The van der Waals surface area contributed by atoms with E-state index < -0.39 is 5.82 Å². The first-order valence-corrected chi connectivity index (χ1v) is 5.08. The molecule has 0 atom stereocenters. The maximum Gasteiger partial charge on any atom is 0.250 e. The Hall–Kier alpha value is -1.66. The molecule has 0 aliphatic rings. The van der Waals surface area contributed by atoms with Gasteiger partial charge in [0, 0.05) is 18.3 Å². The van der Waals surface area contributed by atoms with Crippen LogP contribution in [0.1, 0.15) is 0 Å². The van der Waals surface area contributed by atoms with Gasteiger partial charge in [0.25, 0.3) is 0 Å². The molecule has 0 fully saturated rings. The Bertz CT molecular complexity index is 385. The van der Waals surface area contributed by atoms with E-state index in [2.05, 4.69) is 5.32 Å². The first-order valence-electron chi connectivity index (χ1n) is 5.08. The van der Waals surface area contributed by atoms with Crippen LogP contribution in [0.15, 0.2) is 18.2 Å². The Morgan fingerprint density at radius 3 is 2.88 bits per heavy atom. The van der Waals surface area contributed by atoms with Gasteiger partial charge in [-0.05, 0) is 12.1 Å². The molecule has 1 rings (SSSR count). The number of nitrogens with one attached hydrogen (secondary N) is 1. The van der Waals surface area contributed by atoms with Crippen LogP contribution in [-0.4, -0.2) is 32.8 Å². The van der Waals surface area contributed by atoms with E-state index in [4.69, 9.17) is 15.2 Å². The van der Waals surface area contributed by atoms with E-state index in [0.717, 1.165) is 0 Å². The van der Waals surface area contributed by atoms with Crippen molar-refractivity contribution in [2.24, 2.45) is 5.73 Å². The second kappa shape index (κ2) is 6.82. The number of hydrogen-bond acceptors (Lipinski definition) is 4. The standard InChI is InChI=1S/C11H15FN2O3/c1-16-10-3-2-8(6-9(10)12)14-11(15)7-17-5-4-13/h2-3,6H,4-5,7,13H2,1H3,(H,14,15). The van der Waals surface area contributed by atoms with Crippen molar-refractivity contribution in [1.29, 1.82) is 0 Å². The summed E-state index contributed by atoms with van der Waals surface area (Å²) in [4.78, 5) is 11.3. The van der Waals surface area contributed by atoms with Crippen molar-refractivity contribution >= 4 is 11.6 Å². The average molecular weight is 242 g/mol. The fraction of sp³-hybridized carbons (Fsp3) is 0.364. The fourth-order valence-corrected chi connectivity index (χ4v) is 1.19. The molecule has 0 spiro atoms. The summed E-state index contributed by atoms with van der Waals surface area (Å²) in [5.74, 6) is -0.765. The van der Waals surface area contributed by atoms with Crippen molar-refractivity contribution in [3.8, 4) is 5.75 Å². The third kappa shape index (κ3) is 4.38. The molecule has 0 saturated carbocycles. The highest BCUT2D eigenvalue weighted by Gasteiger charge is 2.06. The second-order valence-corrected chi connectivity index (χ2v) is 3.24. The molecule has 0 heterocycles. The van der Waals surface area contributed by atoms with Crippen molar-refractivity contribution in [3.05, 3.63) is 24.0 Å². The molecule has 0 aliphatic heterocycles. The van der Waals surface area contributed by atoms with E-state index in [-0.39, 0.29) is 18.3 Å². The highest BCUT2D eigenvalue weighted by molar-refractivity contribution is 5.91. The lowest BCUT2D eigenvalue weighted by Gasteiger charge is -2.07. The lowest BCUT2D eigenvalue weighted by Crippen LogP contribution is -2.20. The number of benzene rings is 1. The summed E-state index contributed by atoms with van der Waals surface area (Å²) < 4.78 is 23.0. The number of nitrogens with two attached hydrogens (primary N) is 1. The quantitative estimate of drug-likeness (QED) is 0.722. The number of hydrogen-bond donors (Lipinski definition) is 2. The smallest absolute Gasteiger partial charge is 0.250 e. The minimum atomic E-state index is -0.534. The molecule has 0 bridgehead atoms. The molecule has 5 nitrogen and oxygen atoms in total. The molecule has 1 aromatic carbocycles. The van der Waals surface area contributed by atoms with Crippen molar-refractivity contribution in [2.75, 3.05) is 32.2 Å². The van der Waals surface area contributed by atoms with Crippen LogP contribution >= 0.6 is 0 Å². The zero-order valence-electron chi connectivity index (χ0n) is 9.53. The van der Waals surface area contributed by atoms with Gasteiger partial charge < -0.3 is 20.5 Å². The number of anilines is 1. The molecule has 0 aliphatic carbocycles. The summed E-state index contributed by atoms with van der Waals surface area (Å²) in [5.41, 5.74) is 5.55. The summed E-state index contributed by atoms with van der Waals surface area (Å²) in [5, 5.41) is 2.49. The lowest BCUT2D eigenvalue weighted by atomic mass is 10.3. The van der Waals surface area contributed by atoms with Gasteiger partial charge in [-0.25, -0.2) is 4.39 Å². The van der Waals surface area contributed by atoms with Crippen molar-refractivity contribution in [1.82, 2.24) is 0 Å². The van der Waals surface area contributed by atoms with Gasteiger partial charge in [-0.2, -0.15) is 0 Å². The number of rotatable bonds is 6. The Labute approximate surface area is 98.7 Å². The van der Waals surface area contributed by atoms with E-state index in [9.17, 15) is 9.18 Å². The molecule has 0 aromatic heterocycles. The molecule has 0 radical (unpaired) electrons. The minimum absolute atomic E-state index is 0.106. The van der Waals surface area contributed by atoms with Gasteiger partial charge in [0.05, 0.1) is 13.7 Å². The molecule has 3 N–H and O–H groups in total. The zero-order chi connectivity index (χ0) is 12.7. The molecule has 6 heteroatoms. The lowest BCUT2D eigenvalue weighted by molar-refractivity contribution is -0.120. The predicted molar refractivity (Wildman–Crippen MR) is 61.5 cm³/mol. The Morgan fingerprint density at radius 1 is 1.53 bits per heavy atom. The van der Waals surface area contributed by atoms with Crippen LogP contribution in [0.25, 0.3) is 0 Å². The highest BCUT2D eigenvalue weighted by Crippen LogP contribution is 2.20. The van der Waals surface area contributed by atoms with Crippen LogP contribution in [0.5, 0.6) is 5.75 Å². The molecule has 0 saturated heterocycles. The highest BCUT2D eigenvalue weighted by atomic mass is 19.1. The van der Waals surface area contributed by atoms with Gasteiger partial charge in [0.15, 0.2) is 11.6 Å². The van der Waals surface area contributed by atoms with Crippen LogP contribution in [-0.2, 0) is 9.53 Å². The Balaban J connectivity index is 2.51. The summed E-state index contributed by atoms with van der Waals surface area (Å²) >= 11 is 0. The van der Waals surface area contributed by atoms with Crippen LogP contribution in [0.2, 0.25) is 0 Å². The molecule has 1 aromatic rings. The maximum atomic E-state index is 13.3. The number of methoxy groups -OCH3 is 1. The van der Waals surface area contributed by atoms with E-state index in [1.807, 2.05) is 0 Å². The van der Waals surface area contributed by atoms with Gasteiger partial charge in [-0.3, -0.25) is 4.79 Å². The molecule has 17 heavy (non-hydrogen) atoms. The van der Waals surface area contributed by atoms with Crippen LogP contribution in [0.3, 0.4) is 0 Å². The van der Waals surface area contributed by atoms with Gasteiger partial charge in [0.1, 0.15) is 6.61 Å². The van der Waals surface area contributed by atoms with Gasteiger partial charge in [-0.1, -0.05) is 0 Å². The maximum absolute atomic E-state index is 13.3. The number of carbonyl (C=O) groups is 1. The molecule has 1 amide bonds. The summed E-state index contributed by atoms with van der Waals surface area (Å²) in [6, 6.07) is 4.16.